The number of hydrogen-bond acceptors (Lipinski definition) is 3. The first-order valence-electron chi connectivity index (χ1n) is 6.34. The van der Waals surface area contributed by atoms with Crippen LogP contribution in [0.2, 0.25) is 5.02 Å². The number of aromatic nitrogens is 1. The summed E-state index contributed by atoms with van der Waals surface area (Å²) in [6.07, 6.45) is 0. The van der Waals surface area contributed by atoms with Crippen molar-refractivity contribution in [3.63, 3.8) is 0 Å². The monoisotopic (exact) mass is 362 g/mol. The third-order valence-electron chi connectivity index (χ3n) is 3.27. The molecule has 0 unspecified atom stereocenters. The van der Waals surface area contributed by atoms with Crippen LogP contribution in [-0.4, -0.2) is 5.16 Å². The highest BCUT2D eigenvalue weighted by atomic mass is 79.9. The molecule has 0 spiro atoms. The summed E-state index contributed by atoms with van der Waals surface area (Å²) >= 11 is 9.43. The second-order valence-corrected chi connectivity index (χ2v) is 6.03. The molecule has 21 heavy (non-hydrogen) atoms. The van der Waals surface area contributed by atoms with Gasteiger partial charge in [-0.2, -0.15) is 0 Å². The van der Waals surface area contributed by atoms with E-state index in [1.807, 2.05) is 49.4 Å². The molecule has 0 aliphatic rings. The zero-order valence-electron chi connectivity index (χ0n) is 11.2. The van der Waals surface area contributed by atoms with Crippen molar-refractivity contribution >= 4 is 33.3 Å². The first-order chi connectivity index (χ1) is 10.1. The maximum absolute atomic E-state index is 5.97. The Morgan fingerprint density at radius 2 is 1.76 bits per heavy atom. The zero-order chi connectivity index (χ0) is 15.0. The van der Waals surface area contributed by atoms with Crippen molar-refractivity contribution in [2.24, 2.45) is 0 Å². The van der Waals surface area contributed by atoms with Gasteiger partial charge < -0.3 is 10.3 Å². The van der Waals surface area contributed by atoms with E-state index in [1.165, 1.54) is 0 Å². The molecule has 0 aliphatic heterocycles. The average Bonchev–Trinajstić information content (AvgIpc) is 2.85. The molecule has 0 amide bonds. The second kappa shape index (κ2) is 5.54. The molecule has 0 atom stereocenters. The number of nitrogens with zero attached hydrogens (tertiary/aromatic N) is 1. The lowest BCUT2D eigenvalue weighted by atomic mass is 10.0. The van der Waals surface area contributed by atoms with E-state index in [9.17, 15) is 0 Å². The maximum atomic E-state index is 5.97. The molecule has 0 saturated heterocycles. The van der Waals surface area contributed by atoms with Gasteiger partial charge in [0.05, 0.1) is 5.56 Å². The van der Waals surface area contributed by atoms with Gasteiger partial charge in [-0.05, 0) is 48.4 Å². The number of nitrogen functional groups attached to an aromatic ring is 1. The standard InChI is InChI=1S/C16H12BrClN2O/c1-9-8-11(4-7-13(9)17)15-14(16(19)20-21-15)10-2-5-12(18)6-3-10/h2-8H,1H3,(H2,19,20). The van der Waals surface area contributed by atoms with Crippen molar-refractivity contribution < 1.29 is 4.52 Å². The topological polar surface area (TPSA) is 52.0 Å². The predicted octanol–water partition coefficient (Wildman–Crippen LogP) is 5.32. The molecule has 0 radical (unpaired) electrons. The van der Waals surface area contributed by atoms with Gasteiger partial charge in [0.2, 0.25) is 0 Å². The molecular weight excluding hydrogens is 352 g/mol. The molecule has 3 rings (SSSR count). The lowest BCUT2D eigenvalue weighted by Gasteiger charge is -2.05. The van der Waals surface area contributed by atoms with Crippen molar-refractivity contribution in [3.05, 3.63) is 57.5 Å². The normalized spacial score (nSPS) is 10.8. The van der Waals surface area contributed by atoms with Crippen molar-refractivity contribution in [1.29, 1.82) is 0 Å². The molecule has 2 aromatic carbocycles. The van der Waals surface area contributed by atoms with Crippen LogP contribution in [0.1, 0.15) is 5.56 Å². The number of halogens is 2. The van der Waals surface area contributed by atoms with Crippen molar-refractivity contribution in [2.45, 2.75) is 6.92 Å². The van der Waals surface area contributed by atoms with Gasteiger partial charge in [-0.3, -0.25) is 0 Å². The Hall–Kier alpha value is -1.78. The average molecular weight is 364 g/mol. The highest BCUT2D eigenvalue weighted by Crippen LogP contribution is 2.37. The molecule has 0 fully saturated rings. The van der Waals surface area contributed by atoms with E-state index in [2.05, 4.69) is 21.1 Å². The molecule has 106 valence electrons. The minimum absolute atomic E-state index is 0.368. The molecular formula is C16H12BrClN2O. The summed E-state index contributed by atoms with van der Waals surface area (Å²) in [6.45, 7) is 2.02. The molecule has 3 nitrogen and oxygen atoms in total. The van der Waals surface area contributed by atoms with E-state index < -0.39 is 0 Å². The minimum Gasteiger partial charge on any atom is -0.380 e. The Morgan fingerprint density at radius 3 is 2.43 bits per heavy atom. The number of aryl methyl sites for hydroxylation is 1. The minimum atomic E-state index is 0.368. The van der Waals surface area contributed by atoms with Gasteiger partial charge in [0.15, 0.2) is 11.6 Å². The predicted molar refractivity (Wildman–Crippen MR) is 89.2 cm³/mol. The van der Waals surface area contributed by atoms with Crippen LogP contribution in [0, 0.1) is 6.92 Å². The Labute approximate surface area is 135 Å². The van der Waals surface area contributed by atoms with Crippen molar-refractivity contribution in [2.75, 3.05) is 5.73 Å². The highest BCUT2D eigenvalue weighted by molar-refractivity contribution is 9.10. The number of rotatable bonds is 2. The fourth-order valence-electron chi connectivity index (χ4n) is 2.18. The number of benzene rings is 2. The summed E-state index contributed by atoms with van der Waals surface area (Å²) in [5, 5.41) is 4.58. The summed E-state index contributed by atoms with van der Waals surface area (Å²) in [6, 6.07) is 13.4. The van der Waals surface area contributed by atoms with Gasteiger partial charge in [-0.15, -0.1) is 0 Å². The first kappa shape index (κ1) is 14.2. The van der Waals surface area contributed by atoms with E-state index in [0.29, 0.717) is 16.6 Å². The van der Waals surface area contributed by atoms with E-state index in [0.717, 1.165) is 26.7 Å². The molecule has 1 aromatic heterocycles. The summed E-state index contributed by atoms with van der Waals surface area (Å²) in [5.41, 5.74) is 9.73. The van der Waals surface area contributed by atoms with Crippen LogP contribution in [-0.2, 0) is 0 Å². The maximum Gasteiger partial charge on any atom is 0.176 e. The van der Waals surface area contributed by atoms with Gasteiger partial charge >= 0.3 is 0 Å². The quantitative estimate of drug-likeness (QED) is 0.671. The lowest BCUT2D eigenvalue weighted by Crippen LogP contribution is -1.89. The van der Waals surface area contributed by atoms with E-state index in [1.54, 1.807) is 0 Å². The summed E-state index contributed by atoms with van der Waals surface area (Å²) < 4.78 is 6.49. The molecule has 1 heterocycles. The van der Waals surface area contributed by atoms with Gasteiger partial charge in [-0.25, -0.2) is 0 Å². The van der Waals surface area contributed by atoms with Gasteiger partial charge in [0.25, 0.3) is 0 Å². The fraction of sp³-hybridized carbons (Fsp3) is 0.0625. The van der Waals surface area contributed by atoms with Crippen LogP contribution in [0.4, 0.5) is 5.82 Å². The van der Waals surface area contributed by atoms with Gasteiger partial charge in [0.1, 0.15) is 0 Å². The smallest absolute Gasteiger partial charge is 0.176 e. The second-order valence-electron chi connectivity index (χ2n) is 4.74. The van der Waals surface area contributed by atoms with Crippen molar-refractivity contribution in [1.82, 2.24) is 5.16 Å². The number of nitrogens with two attached hydrogens (primary N) is 1. The largest absolute Gasteiger partial charge is 0.380 e. The Morgan fingerprint density at radius 1 is 1.10 bits per heavy atom. The first-order valence-corrected chi connectivity index (χ1v) is 7.51. The Balaban J connectivity index is 2.16. The van der Waals surface area contributed by atoms with Gasteiger partial charge in [0, 0.05) is 15.1 Å². The fourth-order valence-corrected chi connectivity index (χ4v) is 2.55. The molecule has 5 heteroatoms. The van der Waals surface area contributed by atoms with Crippen LogP contribution in [0.3, 0.4) is 0 Å². The molecule has 0 bridgehead atoms. The van der Waals surface area contributed by atoms with Crippen LogP contribution >= 0.6 is 27.5 Å². The Kier molecular flexibility index (Phi) is 3.74. The Bertz CT molecular complexity index is 797. The zero-order valence-corrected chi connectivity index (χ0v) is 13.6. The lowest BCUT2D eigenvalue weighted by molar-refractivity contribution is 0.436. The van der Waals surface area contributed by atoms with Gasteiger partial charge in [-0.1, -0.05) is 44.8 Å². The van der Waals surface area contributed by atoms with Crippen LogP contribution in [0.5, 0.6) is 0 Å². The SMILES string of the molecule is Cc1cc(-c2onc(N)c2-c2ccc(Cl)cc2)ccc1Br. The molecule has 3 aromatic rings. The third-order valence-corrected chi connectivity index (χ3v) is 4.41. The number of hydrogen-bond donors (Lipinski definition) is 1. The summed E-state index contributed by atoms with van der Waals surface area (Å²) in [5.74, 6) is 1.03. The summed E-state index contributed by atoms with van der Waals surface area (Å²) in [7, 11) is 0. The van der Waals surface area contributed by atoms with Crippen LogP contribution in [0.15, 0.2) is 51.5 Å². The molecule has 0 aliphatic carbocycles. The third kappa shape index (κ3) is 2.69. The summed E-state index contributed by atoms with van der Waals surface area (Å²) in [4.78, 5) is 0. The molecule has 2 N–H and O–H groups in total. The van der Waals surface area contributed by atoms with Crippen LogP contribution < -0.4 is 5.73 Å². The number of anilines is 1. The van der Waals surface area contributed by atoms with E-state index >= 15 is 0 Å². The van der Waals surface area contributed by atoms with Crippen molar-refractivity contribution in [3.8, 4) is 22.5 Å². The highest BCUT2D eigenvalue weighted by Gasteiger charge is 2.18. The van der Waals surface area contributed by atoms with E-state index in [-0.39, 0.29) is 0 Å². The van der Waals surface area contributed by atoms with Crippen LogP contribution in [0.25, 0.3) is 22.5 Å². The molecule has 0 saturated carbocycles. The van der Waals surface area contributed by atoms with E-state index in [4.69, 9.17) is 21.9 Å².